The molecule has 0 spiro atoms. The van der Waals surface area contributed by atoms with Crippen LogP contribution in [0.15, 0.2) is 83.4 Å². The molecule has 8 heteroatoms. The van der Waals surface area contributed by atoms with E-state index in [1.165, 1.54) is 0 Å². The van der Waals surface area contributed by atoms with Crippen LogP contribution in [0.2, 0.25) is 10.0 Å². The molecule has 1 N–H and O–H groups in total. The molecule has 2 aromatic heterocycles. The summed E-state index contributed by atoms with van der Waals surface area (Å²) in [7, 11) is 0. The number of benzene rings is 2. The Bertz CT molecular complexity index is 1340. The summed E-state index contributed by atoms with van der Waals surface area (Å²) in [5.74, 6) is 2.24. The predicted octanol–water partition coefficient (Wildman–Crippen LogP) is 7.61. The fourth-order valence-electron chi connectivity index (χ4n) is 4.20. The van der Waals surface area contributed by atoms with Crippen LogP contribution in [0.25, 0.3) is 11.3 Å². The lowest BCUT2D eigenvalue weighted by Gasteiger charge is -2.26. The lowest BCUT2D eigenvalue weighted by molar-refractivity contribution is 0.242. The quantitative estimate of drug-likeness (QED) is 0.262. The monoisotopic (exact) mass is 523 g/mol. The van der Waals surface area contributed by atoms with Crippen molar-refractivity contribution in [2.45, 2.75) is 32.0 Å². The fraction of sp³-hybridized carbons (Fsp3) is 0.185. The standard InChI is InChI=1S/C27H23Cl2N3O2S/c1-16(2)33-19-9-7-18(8-10-19)32-26(25(31-27(32)35)22-5-3-4-14-30-22)24-13-12-23(34-24)17-6-11-20(28)21(29)15-17/h3-16,25-26H,1-2H3,(H,31,35)/t25-,26+/m0/s1. The molecule has 2 atom stereocenters. The van der Waals surface area contributed by atoms with E-state index in [1.807, 2.05) is 74.5 Å². The molecule has 0 amide bonds. The first-order valence-electron chi connectivity index (χ1n) is 11.2. The van der Waals surface area contributed by atoms with Crippen molar-refractivity contribution in [3.05, 3.63) is 100 Å². The fourth-order valence-corrected chi connectivity index (χ4v) is 4.84. The van der Waals surface area contributed by atoms with Crippen LogP contribution in [0.4, 0.5) is 5.69 Å². The van der Waals surface area contributed by atoms with Crippen LogP contribution in [0.5, 0.6) is 5.75 Å². The molecule has 0 radical (unpaired) electrons. The second-order valence-electron chi connectivity index (χ2n) is 8.49. The minimum absolute atomic E-state index is 0.0968. The van der Waals surface area contributed by atoms with Crippen LogP contribution in [0, 0.1) is 0 Å². The van der Waals surface area contributed by atoms with Crippen molar-refractivity contribution in [3.8, 4) is 17.1 Å². The third-order valence-electron chi connectivity index (χ3n) is 5.71. The third-order valence-corrected chi connectivity index (χ3v) is 6.76. The number of furan rings is 1. The van der Waals surface area contributed by atoms with Gasteiger partial charge >= 0.3 is 0 Å². The lowest BCUT2D eigenvalue weighted by Crippen LogP contribution is -2.29. The van der Waals surface area contributed by atoms with Crippen LogP contribution in [0.1, 0.15) is 37.4 Å². The van der Waals surface area contributed by atoms with Crippen molar-refractivity contribution in [1.29, 1.82) is 0 Å². The van der Waals surface area contributed by atoms with Crippen LogP contribution >= 0.6 is 35.4 Å². The maximum atomic E-state index is 6.38. The third kappa shape index (κ3) is 4.87. The number of rotatable bonds is 6. The summed E-state index contributed by atoms with van der Waals surface area (Å²) in [5, 5.41) is 5.01. The zero-order chi connectivity index (χ0) is 24.5. The Balaban J connectivity index is 1.55. The Morgan fingerprint density at radius 3 is 2.49 bits per heavy atom. The van der Waals surface area contributed by atoms with E-state index in [9.17, 15) is 0 Å². The number of aromatic nitrogens is 1. The molecule has 0 unspecified atom stereocenters. The van der Waals surface area contributed by atoms with E-state index in [1.54, 1.807) is 18.3 Å². The van der Waals surface area contributed by atoms with Crippen LogP contribution < -0.4 is 15.0 Å². The first-order chi connectivity index (χ1) is 16.9. The van der Waals surface area contributed by atoms with Crippen molar-refractivity contribution < 1.29 is 9.15 Å². The van der Waals surface area contributed by atoms with Gasteiger partial charge in [0.2, 0.25) is 0 Å². The van der Waals surface area contributed by atoms with E-state index in [4.69, 9.17) is 44.6 Å². The molecule has 5 rings (SSSR count). The topological polar surface area (TPSA) is 50.5 Å². The van der Waals surface area contributed by atoms with Gasteiger partial charge in [0.1, 0.15) is 23.3 Å². The lowest BCUT2D eigenvalue weighted by atomic mass is 10.0. The molecule has 2 aromatic carbocycles. The molecular formula is C27H23Cl2N3O2S. The number of hydrogen-bond donors (Lipinski definition) is 1. The molecule has 1 fully saturated rings. The maximum absolute atomic E-state index is 6.38. The summed E-state index contributed by atoms with van der Waals surface area (Å²) in [6.45, 7) is 4.01. The normalized spacial score (nSPS) is 17.6. The molecule has 35 heavy (non-hydrogen) atoms. The second kappa shape index (κ2) is 9.90. The van der Waals surface area contributed by atoms with Gasteiger partial charge < -0.3 is 19.4 Å². The summed E-state index contributed by atoms with van der Waals surface area (Å²) in [5.41, 5.74) is 2.64. The van der Waals surface area contributed by atoms with Gasteiger partial charge in [0.05, 0.1) is 27.9 Å². The molecule has 5 nitrogen and oxygen atoms in total. The van der Waals surface area contributed by atoms with E-state index in [-0.39, 0.29) is 18.2 Å². The molecule has 178 valence electrons. The summed E-state index contributed by atoms with van der Waals surface area (Å²) in [6.07, 6.45) is 1.88. The highest BCUT2D eigenvalue weighted by Gasteiger charge is 2.42. The van der Waals surface area contributed by atoms with E-state index in [0.717, 1.165) is 28.5 Å². The van der Waals surface area contributed by atoms with Gasteiger partial charge in [-0.3, -0.25) is 4.98 Å². The summed E-state index contributed by atoms with van der Waals surface area (Å²) >= 11 is 18.1. The van der Waals surface area contributed by atoms with Gasteiger partial charge in [0.15, 0.2) is 5.11 Å². The van der Waals surface area contributed by atoms with Crippen LogP contribution in [0.3, 0.4) is 0 Å². The van der Waals surface area contributed by atoms with Crippen molar-refractivity contribution >= 4 is 46.2 Å². The minimum Gasteiger partial charge on any atom is -0.491 e. The van der Waals surface area contributed by atoms with Gasteiger partial charge in [-0.25, -0.2) is 0 Å². The highest BCUT2D eigenvalue weighted by atomic mass is 35.5. The van der Waals surface area contributed by atoms with Crippen LogP contribution in [-0.2, 0) is 0 Å². The number of nitrogens with zero attached hydrogens (tertiary/aromatic N) is 2. The van der Waals surface area contributed by atoms with Crippen molar-refractivity contribution in [2.75, 3.05) is 4.90 Å². The van der Waals surface area contributed by atoms with Crippen molar-refractivity contribution in [1.82, 2.24) is 10.3 Å². The number of thiocarbonyl (C=S) groups is 1. The van der Waals surface area contributed by atoms with Gasteiger partial charge in [-0.05, 0) is 92.8 Å². The minimum atomic E-state index is -0.259. The average molecular weight is 524 g/mol. The molecule has 1 aliphatic rings. The molecule has 1 saturated heterocycles. The average Bonchev–Trinajstić information content (AvgIpc) is 3.46. The number of halogens is 2. The Hall–Kier alpha value is -3.06. The molecule has 3 heterocycles. The van der Waals surface area contributed by atoms with Gasteiger partial charge in [0.25, 0.3) is 0 Å². The zero-order valence-electron chi connectivity index (χ0n) is 19.1. The SMILES string of the molecule is CC(C)Oc1ccc(N2C(=S)N[C@@H](c3ccccn3)[C@H]2c2ccc(-c3ccc(Cl)c(Cl)c3)o2)cc1. The maximum Gasteiger partial charge on any atom is 0.174 e. The smallest absolute Gasteiger partial charge is 0.174 e. The van der Waals surface area contributed by atoms with Crippen LogP contribution in [-0.4, -0.2) is 16.2 Å². The second-order valence-corrected chi connectivity index (χ2v) is 9.69. The highest BCUT2D eigenvalue weighted by Crippen LogP contribution is 2.43. The van der Waals surface area contributed by atoms with E-state index >= 15 is 0 Å². The summed E-state index contributed by atoms with van der Waals surface area (Å²) in [6, 6.07) is 22.6. The molecule has 0 aliphatic carbocycles. The molecule has 1 aliphatic heterocycles. The Labute approximate surface area is 219 Å². The predicted molar refractivity (Wildman–Crippen MR) is 144 cm³/mol. The highest BCUT2D eigenvalue weighted by molar-refractivity contribution is 7.80. The van der Waals surface area contributed by atoms with Gasteiger partial charge in [-0.2, -0.15) is 0 Å². The van der Waals surface area contributed by atoms with Crippen molar-refractivity contribution in [3.63, 3.8) is 0 Å². The Morgan fingerprint density at radius 1 is 1.00 bits per heavy atom. The first-order valence-corrected chi connectivity index (χ1v) is 12.4. The molecule has 0 bridgehead atoms. The van der Waals surface area contributed by atoms with E-state index in [2.05, 4.69) is 15.2 Å². The van der Waals surface area contributed by atoms with Crippen molar-refractivity contribution in [2.24, 2.45) is 0 Å². The van der Waals surface area contributed by atoms with Gasteiger partial charge in [-0.1, -0.05) is 29.3 Å². The largest absolute Gasteiger partial charge is 0.491 e. The number of pyridine rings is 1. The number of hydrogen-bond acceptors (Lipinski definition) is 4. The molecule has 4 aromatic rings. The molecular weight excluding hydrogens is 501 g/mol. The summed E-state index contributed by atoms with van der Waals surface area (Å²) in [4.78, 5) is 6.65. The van der Waals surface area contributed by atoms with E-state index in [0.29, 0.717) is 20.9 Å². The Morgan fingerprint density at radius 2 is 1.80 bits per heavy atom. The number of ether oxygens (including phenoxy) is 1. The Kier molecular flexibility index (Phi) is 6.69. The van der Waals surface area contributed by atoms with E-state index < -0.39 is 0 Å². The summed E-state index contributed by atoms with van der Waals surface area (Å²) < 4.78 is 12.2. The van der Waals surface area contributed by atoms with Gasteiger partial charge in [-0.15, -0.1) is 0 Å². The number of nitrogens with one attached hydrogen (secondary N) is 1. The molecule has 0 saturated carbocycles. The number of anilines is 1. The zero-order valence-corrected chi connectivity index (χ0v) is 21.4. The van der Waals surface area contributed by atoms with Gasteiger partial charge in [0, 0.05) is 17.4 Å². The first kappa shape index (κ1) is 23.7.